The van der Waals surface area contributed by atoms with Crippen molar-refractivity contribution in [3.63, 3.8) is 0 Å². The van der Waals surface area contributed by atoms with Crippen molar-refractivity contribution in [3.8, 4) is 0 Å². The summed E-state index contributed by atoms with van der Waals surface area (Å²) in [7, 11) is 0. The lowest BCUT2D eigenvalue weighted by Gasteiger charge is -2.26. The Labute approximate surface area is 182 Å². The molecule has 0 spiro atoms. The molecule has 0 aliphatic carbocycles. The highest BCUT2D eigenvalue weighted by Gasteiger charge is 2.24. The average Bonchev–Trinajstić information content (AvgIpc) is 2.75. The predicted molar refractivity (Wildman–Crippen MR) is 117 cm³/mol. The molecule has 3 N–H and O–H groups in total. The summed E-state index contributed by atoms with van der Waals surface area (Å²) in [4.78, 5) is 35.8. The Balaban J connectivity index is 1.75. The Hall–Kier alpha value is -3.35. The first-order valence-corrected chi connectivity index (χ1v) is 10.3. The molecule has 0 fully saturated rings. The van der Waals surface area contributed by atoms with E-state index >= 15 is 0 Å². The number of aryl methyl sites for hydroxylation is 1. The van der Waals surface area contributed by atoms with Crippen molar-refractivity contribution in [1.29, 1.82) is 0 Å². The molecule has 0 unspecified atom stereocenters. The standard InChI is InChI=1S/C24H30N2O5/c1-24(2,26-23(30)31-17-19-11-7-4-8-12-19)16-15-21(27)25-20(22(28)29)14-13-18-9-5-3-6-10-18/h3-12,20H,13-17H2,1-2H3,(H,25,27)(H,26,30)(H,28,29)/t20-/m1/s1. The van der Waals surface area contributed by atoms with Crippen LogP contribution < -0.4 is 10.6 Å². The van der Waals surface area contributed by atoms with Gasteiger partial charge in [0.1, 0.15) is 12.6 Å². The third-order valence-electron chi connectivity index (χ3n) is 4.83. The monoisotopic (exact) mass is 426 g/mol. The topological polar surface area (TPSA) is 105 Å². The summed E-state index contributed by atoms with van der Waals surface area (Å²) >= 11 is 0. The Morgan fingerprint density at radius 1 is 0.968 bits per heavy atom. The lowest BCUT2D eigenvalue weighted by Crippen LogP contribution is -2.46. The third-order valence-corrected chi connectivity index (χ3v) is 4.83. The molecule has 7 nitrogen and oxygen atoms in total. The summed E-state index contributed by atoms with van der Waals surface area (Å²) < 4.78 is 5.21. The highest BCUT2D eigenvalue weighted by atomic mass is 16.5. The number of nitrogens with one attached hydrogen (secondary N) is 2. The van der Waals surface area contributed by atoms with Gasteiger partial charge in [-0.1, -0.05) is 60.7 Å². The van der Waals surface area contributed by atoms with Gasteiger partial charge < -0.3 is 20.5 Å². The second-order valence-corrected chi connectivity index (χ2v) is 8.05. The minimum absolute atomic E-state index is 0.0844. The Kier molecular flexibility index (Phi) is 9.06. The molecule has 31 heavy (non-hydrogen) atoms. The summed E-state index contributed by atoms with van der Waals surface area (Å²) in [5.41, 5.74) is 1.21. The highest BCUT2D eigenvalue weighted by Crippen LogP contribution is 2.13. The van der Waals surface area contributed by atoms with Gasteiger partial charge in [0.2, 0.25) is 5.91 Å². The molecule has 0 aliphatic rings. The van der Waals surface area contributed by atoms with E-state index in [0.29, 0.717) is 19.3 Å². The molecule has 7 heteroatoms. The van der Waals surface area contributed by atoms with Crippen LogP contribution in [0.15, 0.2) is 60.7 Å². The molecule has 166 valence electrons. The van der Waals surface area contributed by atoms with Crippen LogP contribution in [0.2, 0.25) is 0 Å². The fraction of sp³-hybridized carbons (Fsp3) is 0.375. The molecule has 0 heterocycles. The maximum absolute atomic E-state index is 12.3. The molecule has 0 aromatic heterocycles. The molecule has 2 amide bonds. The molecule has 0 radical (unpaired) electrons. The number of ether oxygens (including phenoxy) is 1. The Morgan fingerprint density at radius 2 is 1.55 bits per heavy atom. The van der Waals surface area contributed by atoms with Crippen LogP contribution in [0.3, 0.4) is 0 Å². The highest BCUT2D eigenvalue weighted by molar-refractivity contribution is 5.83. The molecular formula is C24H30N2O5. The molecule has 2 aromatic carbocycles. The van der Waals surface area contributed by atoms with Crippen LogP contribution in [0.4, 0.5) is 4.79 Å². The smallest absolute Gasteiger partial charge is 0.407 e. The number of carbonyl (C=O) groups is 3. The molecule has 0 aliphatic heterocycles. The van der Waals surface area contributed by atoms with Crippen LogP contribution in [-0.4, -0.2) is 34.7 Å². The van der Waals surface area contributed by atoms with Gasteiger partial charge in [-0.2, -0.15) is 0 Å². The van der Waals surface area contributed by atoms with Gasteiger partial charge in [-0.25, -0.2) is 9.59 Å². The van der Waals surface area contributed by atoms with Crippen molar-refractivity contribution < 1.29 is 24.2 Å². The largest absolute Gasteiger partial charge is 0.480 e. The maximum Gasteiger partial charge on any atom is 0.407 e. The average molecular weight is 427 g/mol. The summed E-state index contributed by atoms with van der Waals surface area (Å²) in [6, 6.07) is 17.9. The zero-order valence-corrected chi connectivity index (χ0v) is 18.0. The fourth-order valence-electron chi connectivity index (χ4n) is 3.00. The number of carbonyl (C=O) groups excluding carboxylic acids is 2. The van der Waals surface area contributed by atoms with Gasteiger partial charge in [-0.05, 0) is 44.2 Å². The molecular weight excluding hydrogens is 396 g/mol. The molecule has 2 rings (SSSR count). The van der Waals surface area contributed by atoms with Crippen LogP contribution in [0.5, 0.6) is 0 Å². The van der Waals surface area contributed by atoms with E-state index in [1.54, 1.807) is 13.8 Å². The van der Waals surface area contributed by atoms with E-state index in [0.717, 1.165) is 11.1 Å². The van der Waals surface area contributed by atoms with E-state index in [-0.39, 0.29) is 18.9 Å². The number of hydrogen-bond donors (Lipinski definition) is 3. The lowest BCUT2D eigenvalue weighted by molar-refractivity contribution is -0.142. The van der Waals surface area contributed by atoms with Gasteiger partial charge in [0.05, 0.1) is 0 Å². The van der Waals surface area contributed by atoms with E-state index in [4.69, 9.17) is 4.74 Å². The minimum atomic E-state index is -1.06. The summed E-state index contributed by atoms with van der Waals surface area (Å²) in [6.07, 6.45) is 0.711. The van der Waals surface area contributed by atoms with Crippen molar-refractivity contribution in [2.75, 3.05) is 0 Å². The number of rotatable bonds is 11. The van der Waals surface area contributed by atoms with Crippen LogP contribution in [0.1, 0.15) is 44.2 Å². The zero-order valence-electron chi connectivity index (χ0n) is 18.0. The molecule has 2 aromatic rings. The Bertz CT molecular complexity index is 853. The van der Waals surface area contributed by atoms with Gasteiger partial charge in [0.25, 0.3) is 0 Å². The Morgan fingerprint density at radius 3 is 2.13 bits per heavy atom. The molecule has 0 bridgehead atoms. The van der Waals surface area contributed by atoms with E-state index in [1.165, 1.54) is 0 Å². The van der Waals surface area contributed by atoms with Gasteiger partial charge >= 0.3 is 12.1 Å². The minimum Gasteiger partial charge on any atom is -0.480 e. The van der Waals surface area contributed by atoms with Crippen molar-refractivity contribution in [3.05, 3.63) is 71.8 Å². The summed E-state index contributed by atoms with van der Waals surface area (Å²) in [5, 5.41) is 14.7. The van der Waals surface area contributed by atoms with E-state index in [9.17, 15) is 19.5 Å². The number of amides is 2. The SMILES string of the molecule is CC(C)(CCC(=O)N[C@H](CCc1ccccc1)C(=O)O)NC(=O)OCc1ccccc1. The van der Waals surface area contributed by atoms with Crippen LogP contribution in [-0.2, 0) is 27.4 Å². The summed E-state index contributed by atoms with van der Waals surface area (Å²) in [5.74, 6) is -1.43. The zero-order chi connectivity index (χ0) is 22.7. The van der Waals surface area contributed by atoms with E-state index in [1.807, 2.05) is 60.7 Å². The number of carboxylic acids is 1. The number of aliphatic carboxylic acids is 1. The van der Waals surface area contributed by atoms with E-state index in [2.05, 4.69) is 10.6 Å². The van der Waals surface area contributed by atoms with Crippen LogP contribution in [0.25, 0.3) is 0 Å². The number of alkyl carbamates (subject to hydrolysis) is 1. The lowest BCUT2D eigenvalue weighted by atomic mass is 9.98. The van der Waals surface area contributed by atoms with Crippen LogP contribution in [0, 0.1) is 0 Å². The second-order valence-electron chi connectivity index (χ2n) is 8.05. The van der Waals surface area contributed by atoms with Crippen molar-refractivity contribution in [2.24, 2.45) is 0 Å². The third kappa shape index (κ3) is 9.33. The first-order chi connectivity index (χ1) is 14.7. The van der Waals surface area contributed by atoms with Crippen LogP contribution >= 0.6 is 0 Å². The van der Waals surface area contributed by atoms with Crippen molar-refractivity contribution >= 4 is 18.0 Å². The van der Waals surface area contributed by atoms with Gasteiger partial charge in [-0.3, -0.25) is 4.79 Å². The number of carboxylic acid groups (broad SMARTS) is 1. The number of hydrogen-bond acceptors (Lipinski definition) is 4. The van der Waals surface area contributed by atoms with Crippen molar-refractivity contribution in [2.45, 2.75) is 57.7 Å². The van der Waals surface area contributed by atoms with Gasteiger partial charge in [0.15, 0.2) is 0 Å². The van der Waals surface area contributed by atoms with Crippen molar-refractivity contribution in [1.82, 2.24) is 10.6 Å². The molecule has 0 saturated carbocycles. The summed E-state index contributed by atoms with van der Waals surface area (Å²) in [6.45, 7) is 3.73. The maximum atomic E-state index is 12.3. The normalized spacial score (nSPS) is 11.9. The van der Waals surface area contributed by atoms with Gasteiger partial charge in [0, 0.05) is 12.0 Å². The fourth-order valence-corrected chi connectivity index (χ4v) is 3.00. The molecule has 1 atom stereocenters. The second kappa shape index (κ2) is 11.7. The number of benzene rings is 2. The van der Waals surface area contributed by atoms with E-state index < -0.39 is 23.6 Å². The molecule has 0 saturated heterocycles. The first kappa shape index (κ1) is 23.9. The quantitative estimate of drug-likeness (QED) is 0.508. The first-order valence-electron chi connectivity index (χ1n) is 10.3. The predicted octanol–water partition coefficient (Wildman–Crippen LogP) is 3.67. The van der Waals surface area contributed by atoms with Gasteiger partial charge in [-0.15, -0.1) is 0 Å².